The molecule has 0 unspecified atom stereocenters. The quantitative estimate of drug-likeness (QED) is 0.497. The maximum absolute atomic E-state index is 12.3. The van der Waals surface area contributed by atoms with Crippen LogP contribution in [-0.2, 0) is 4.79 Å². The number of nitrogens with one attached hydrogen (secondary N) is 3. The summed E-state index contributed by atoms with van der Waals surface area (Å²) in [5.41, 5.74) is 7.00. The zero-order valence-corrected chi connectivity index (χ0v) is 17.7. The van der Waals surface area contributed by atoms with Gasteiger partial charge >= 0.3 is 0 Å². The number of hydrogen-bond acceptors (Lipinski definition) is 5. The molecule has 0 aromatic heterocycles. The Kier molecular flexibility index (Phi) is 7.42. The Balaban J connectivity index is 1.45. The monoisotopic (exact) mass is 433 g/mol. The van der Waals surface area contributed by atoms with E-state index in [0.29, 0.717) is 28.3 Å². The first kappa shape index (κ1) is 22.4. The maximum atomic E-state index is 12.3. The summed E-state index contributed by atoms with van der Waals surface area (Å²) in [4.78, 5) is 36.4. The van der Waals surface area contributed by atoms with Crippen LogP contribution >= 0.6 is 0 Å². The van der Waals surface area contributed by atoms with Gasteiger partial charge in [0.05, 0.1) is 7.11 Å². The Labute approximate surface area is 185 Å². The summed E-state index contributed by atoms with van der Waals surface area (Å²) in [6.45, 7) is 1.64. The lowest BCUT2D eigenvalue weighted by Gasteiger charge is -2.10. The highest BCUT2D eigenvalue weighted by atomic mass is 16.5. The number of anilines is 1. The van der Waals surface area contributed by atoms with Crippen molar-refractivity contribution in [1.29, 1.82) is 0 Å². The van der Waals surface area contributed by atoms with Gasteiger partial charge in [0, 0.05) is 16.8 Å². The van der Waals surface area contributed by atoms with Crippen molar-refractivity contribution in [2.24, 2.45) is 0 Å². The molecule has 3 amide bonds. The van der Waals surface area contributed by atoms with E-state index in [9.17, 15) is 14.4 Å². The van der Waals surface area contributed by atoms with Crippen LogP contribution in [0.3, 0.4) is 0 Å². The van der Waals surface area contributed by atoms with Crippen LogP contribution in [0.15, 0.2) is 72.8 Å². The highest BCUT2D eigenvalue weighted by molar-refractivity contribution is 6.04. The zero-order valence-electron chi connectivity index (χ0n) is 17.7. The molecule has 0 saturated heterocycles. The highest BCUT2D eigenvalue weighted by Gasteiger charge is 2.10. The van der Waals surface area contributed by atoms with Crippen molar-refractivity contribution in [1.82, 2.24) is 10.9 Å². The molecule has 3 rings (SSSR count). The molecular formula is C24H23N3O5. The Bertz CT molecular complexity index is 1100. The second kappa shape index (κ2) is 10.6. The lowest BCUT2D eigenvalue weighted by Crippen LogP contribution is -2.43. The van der Waals surface area contributed by atoms with Crippen LogP contribution in [0.5, 0.6) is 11.5 Å². The predicted octanol–water partition coefficient (Wildman–Crippen LogP) is 3.10. The van der Waals surface area contributed by atoms with E-state index in [0.717, 1.165) is 5.56 Å². The molecule has 8 nitrogen and oxygen atoms in total. The molecule has 0 fully saturated rings. The molecule has 164 valence electrons. The smallest absolute Gasteiger partial charge is 0.276 e. The number of methoxy groups -OCH3 is 1. The van der Waals surface area contributed by atoms with Crippen molar-refractivity contribution in [2.75, 3.05) is 19.0 Å². The second-order valence-corrected chi connectivity index (χ2v) is 6.87. The van der Waals surface area contributed by atoms with Crippen molar-refractivity contribution in [3.05, 3.63) is 89.5 Å². The molecule has 0 atom stereocenters. The first-order valence-corrected chi connectivity index (χ1v) is 9.79. The van der Waals surface area contributed by atoms with Gasteiger partial charge in [0.15, 0.2) is 6.61 Å². The van der Waals surface area contributed by atoms with Crippen molar-refractivity contribution in [3.8, 4) is 11.5 Å². The predicted molar refractivity (Wildman–Crippen MR) is 120 cm³/mol. The first-order valence-electron chi connectivity index (χ1n) is 9.79. The van der Waals surface area contributed by atoms with E-state index in [1.807, 2.05) is 19.1 Å². The largest absolute Gasteiger partial charge is 0.497 e. The number of hydrogen-bond donors (Lipinski definition) is 3. The van der Waals surface area contributed by atoms with Crippen molar-refractivity contribution < 1.29 is 23.9 Å². The van der Waals surface area contributed by atoms with Gasteiger partial charge in [0.1, 0.15) is 11.5 Å². The molecule has 0 aliphatic carbocycles. The Hall–Kier alpha value is -4.33. The number of carbonyl (C=O) groups excluding carboxylic acids is 3. The molecular weight excluding hydrogens is 410 g/mol. The minimum atomic E-state index is -0.517. The fourth-order valence-electron chi connectivity index (χ4n) is 2.75. The van der Waals surface area contributed by atoms with E-state index in [-0.39, 0.29) is 12.5 Å². The normalized spacial score (nSPS) is 10.1. The topological polar surface area (TPSA) is 106 Å². The average Bonchev–Trinajstić information content (AvgIpc) is 2.82. The van der Waals surface area contributed by atoms with Crippen LogP contribution in [0.2, 0.25) is 0 Å². The molecule has 3 aromatic carbocycles. The van der Waals surface area contributed by atoms with E-state index in [1.54, 1.807) is 67.8 Å². The average molecular weight is 433 g/mol. The van der Waals surface area contributed by atoms with E-state index >= 15 is 0 Å². The number of aryl methyl sites for hydroxylation is 1. The summed E-state index contributed by atoms with van der Waals surface area (Å²) in [6.07, 6.45) is 0. The summed E-state index contributed by atoms with van der Waals surface area (Å²) in [5, 5.41) is 2.78. The van der Waals surface area contributed by atoms with Gasteiger partial charge in [-0.3, -0.25) is 25.2 Å². The number of amides is 3. The number of benzene rings is 3. The van der Waals surface area contributed by atoms with Crippen molar-refractivity contribution >= 4 is 23.4 Å². The number of hydrazine groups is 1. The maximum Gasteiger partial charge on any atom is 0.276 e. The molecule has 3 N–H and O–H groups in total. The Morgan fingerprint density at radius 2 is 1.47 bits per heavy atom. The Morgan fingerprint density at radius 3 is 2.12 bits per heavy atom. The van der Waals surface area contributed by atoms with E-state index in [1.165, 1.54) is 0 Å². The molecule has 0 radical (unpaired) electrons. The van der Waals surface area contributed by atoms with Gasteiger partial charge in [-0.05, 0) is 67.6 Å². The number of carbonyl (C=O) groups is 3. The Morgan fingerprint density at radius 1 is 0.781 bits per heavy atom. The molecule has 0 spiro atoms. The van der Waals surface area contributed by atoms with E-state index < -0.39 is 11.8 Å². The second-order valence-electron chi connectivity index (χ2n) is 6.87. The highest BCUT2D eigenvalue weighted by Crippen LogP contribution is 2.16. The van der Waals surface area contributed by atoms with Gasteiger partial charge < -0.3 is 14.8 Å². The molecule has 8 heteroatoms. The van der Waals surface area contributed by atoms with Gasteiger partial charge in [-0.1, -0.05) is 17.7 Å². The van der Waals surface area contributed by atoms with Gasteiger partial charge in [-0.25, -0.2) is 0 Å². The summed E-state index contributed by atoms with van der Waals surface area (Å²) in [6, 6.07) is 20.3. The number of ether oxygens (including phenoxy) is 2. The fraction of sp³-hybridized carbons (Fsp3) is 0.125. The standard InChI is InChI=1S/C24H23N3O5/c1-16-4-3-5-18(14-16)23(29)25-19-8-6-17(7-9-19)24(30)27-26-22(28)15-32-21-12-10-20(31-2)11-13-21/h3-14H,15H2,1-2H3,(H,25,29)(H,26,28)(H,27,30). The van der Waals surface area contributed by atoms with E-state index in [4.69, 9.17) is 9.47 Å². The van der Waals surface area contributed by atoms with Crippen LogP contribution in [0.4, 0.5) is 5.69 Å². The minimum Gasteiger partial charge on any atom is -0.497 e. The SMILES string of the molecule is COc1ccc(OCC(=O)NNC(=O)c2ccc(NC(=O)c3cccc(C)c3)cc2)cc1. The summed E-state index contributed by atoms with van der Waals surface area (Å²) in [5.74, 6) is -0.0871. The van der Waals surface area contributed by atoms with Crippen LogP contribution in [-0.4, -0.2) is 31.4 Å². The minimum absolute atomic E-state index is 0.241. The molecule has 0 aliphatic rings. The summed E-state index contributed by atoms with van der Waals surface area (Å²) >= 11 is 0. The van der Waals surface area contributed by atoms with Crippen molar-refractivity contribution in [2.45, 2.75) is 6.92 Å². The third-order valence-corrected chi connectivity index (χ3v) is 4.43. The molecule has 0 saturated carbocycles. The summed E-state index contributed by atoms with van der Waals surface area (Å²) in [7, 11) is 1.56. The third kappa shape index (κ3) is 6.33. The van der Waals surface area contributed by atoms with Gasteiger partial charge in [0.2, 0.25) is 0 Å². The molecule has 0 heterocycles. The van der Waals surface area contributed by atoms with Crippen LogP contribution in [0, 0.1) is 6.92 Å². The first-order chi connectivity index (χ1) is 15.4. The van der Waals surface area contributed by atoms with Crippen LogP contribution in [0.1, 0.15) is 26.3 Å². The lowest BCUT2D eigenvalue weighted by atomic mass is 10.1. The molecule has 3 aromatic rings. The fourth-order valence-corrected chi connectivity index (χ4v) is 2.75. The van der Waals surface area contributed by atoms with Gasteiger partial charge in [-0.15, -0.1) is 0 Å². The zero-order chi connectivity index (χ0) is 22.9. The molecule has 0 aliphatic heterocycles. The third-order valence-electron chi connectivity index (χ3n) is 4.43. The van der Waals surface area contributed by atoms with Crippen LogP contribution < -0.4 is 25.6 Å². The van der Waals surface area contributed by atoms with Gasteiger partial charge in [-0.2, -0.15) is 0 Å². The van der Waals surface area contributed by atoms with E-state index in [2.05, 4.69) is 16.2 Å². The van der Waals surface area contributed by atoms with Crippen LogP contribution in [0.25, 0.3) is 0 Å². The number of rotatable bonds is 7. The lowest BCUT2D eigenvalue weighted by molar-refractivity contribution is -0.123. The summed E-state index contributed by atoms with van der Waals surface area (Å²) < 4.78 is 10.4. The molecule has 32 heavy (non-hydrogen) atoms. The van der Waals surface area contributed by atoms with Gasteiger partial charge in [0.25, 0.3) is 17.7 Å². The van der Waals surface area contributed by atoms with Crippen molar-refractivity contribution in [3.63, 3.8) is 0 Å². The molecule has 0 bridgehead atoms.